The third-order valence-corrected chi connectivity index (χ3v) is 4.02. The van der Waals surface area contributed by atoms with Crippen molar-refractivity contribution in [2.45, 2.75) is 6.92 Å². The normalized spacial score (nSPS) is 10.7. The van der Waals surface area contributed by atoms with Crippen LogP contribution in [-0.2, 0) is 7.05 Å². The van der Waals surface area contributed by atoms with Gasteiger partial charge in [-0.2, -0.15) is 5.10 Å². The second-order valence-corrected chi connectivity index (χ2v) is 5.05. The van der Waals surface area contributed by atoms with Crippen LogP contribution in [0, 0.1) is 12.7 Å². The van der Waals surface area contributed by atoms with Crippen molar-refractivity contribution in [3.63, 3.8) is 0 Å². The molecular formula is C12H9BrClFN2O. The summed E-state index contributed by atoms with van der Waals surface area (Å²) < 4.78 is 15.9. The molecule has 0 fully saturated rings. The number of nitrogens with zero attached hydrogens (tertiary/aromatic N) is 2. The molecule has 0 amide bonds. The Labute approximate surface area is 117 Å². The molecule has 1 aromatic carbocycles. The molecule has 0 saturated carbocycles. The van der Waals surface area contributed by atoms with E-state index in [0.29, 0.717) is 15.7 Å². The lowest BCUT2D eigenvalue weighted by atomic mass is 10.0. The standard InChI is InChI=1S/C12H9BrClFN2O/c1-6-8(5-16-17(6)2)12(18)7-3-4-9(13)10(14)11(7)15/h3-5H,1-2H3. The van der Waals surface area contributed by atoms with E-state index in [9.17, 15) is 9.18 Å². The van der Waals surface area contributed by atoms with Gasteiger partial charge in [0, 0.05) is 17.2 Å². The van der Waals surface area contributed by atoms with Gasteiger partial charge in [0.25, 0.3) is 0 Å². The van der Waals surface area contributed by atoms with Gasteiger partial charge in [0.15, 0.2) is 11.6 Å². The molecule has 0 aliphatic heterocycles. The van der Waals surface area contributed by atoms with Crippen molar-refractivity contribution in [1.82, 2.24) is 9.78 Å². The zero-order valence-electron chi connectivity index (χ0n) is 9.67. The van der Waals surface area contributed by atoms with Crippen LogP contribution in [0.5, 0.6) is 0 Å². The van der Waals surface area contributed by atoms with Gasteiger partial charge in [-0.1, -0.05) is 11.6 Å². The van der Waals surface area contributed by atoms with Gasteiger partial charge in [0.2, 0.25) is 0 Å². The largest absolute Gasteiger partial charge is 0.288 e. The Morgan fingerprint density at radius 2 is 2.11 bits per heavy atom. The smallest absolute Gasteiger partial charge is 0.199 e. The Bertz CT molecular complexity index is 639. The van der Waals surface area contributed by atoms with Crippen molar-refractivity contribution in [2.24, 2.45) is 7.05 Å². The first-order valence-corrected chi connectivity index (χ1v) is 6.27. The molecule has 0 bridgehead atoms. The van der Waals surface area contributed by atoms with Crippen molar-refractivity contribution in [1.29, 1.82) is 0 Å². The summed E-state index contributed by atoms with van der Waals surface area (Å²) in [5, 5.41) is 3.87. The number of carbonyl (C=O) groups is 1. The van der Waals surface area contributed by atoms with E-state index in [1.54, 1.807) is 24.7 Å². The third-order valence-electron chi connectivity index (χ3n) is 2.76. The summed E-state index contributed by atoms with van der Waals surface area (Å²) >= 11 is 8.87. The number of aromatic nitrogens is 2. The van der Waals surface area contributed by atoms with Crippen LogP contribution in [0.1, 0.15) is 21.6 Å². The predicted octanol–water partition coefficient (Wildman–Crippen LogP) is 3.51. The molecule has 1 aromatic heterocycles. The molecule has 6 heteroatoms. The first kappa shape index (κ1) is 13.2. The van der Waals surface area contributed by atoms with Gasteiger partial charge in [-0.05, 0) is 35.0 Å². The zero-order chi connectivity index (χ0) is 13.4. The maximum absolute atomic E-state index is 13.9. The number of aryl methyl sites for hydroxylation is 1. The maximum Gasteiger partial charge on any atom is 0.199 e. The van der Waals surface area contributed by atoms with Gasteiger partial charge in [-0.3, -0.25) is 9.48 Å². The van der Waals surface area contributed by atoms with E-state index in [1.165, 1.54) is 12.3 Å². The molecule has 2 rings (SSSR count). The summed E-state index contributed by atoms with van der Waals surface area (Å²) in [5.41, 5.74) is 0.993. The van der Waals surface area contributed by atoms with Gasteiger partial charge < -0.3 is 0 Å². The molecule has 3 nitrogen and oxygen atoms in total. The molecule has 0 aliphatic rings. The number of ketones is 1. The van der Waals surface area contributed by atoms with E-state index in [4.69, 9.17) is 11.6 Å². The topological polar surface area (TPSA) is 34.9 Å². The van der Waals surface area contributed by atoms with Crippen molar-refractivity contribution in [3.05, 3.63) is 50.5 Å². The second-order valence-electron chi connectivity index (χ2n) is 3.82. The lowest BCUT2D eigenvalue weighted by molar-refractivity contribution is 0.103. The summed E-state index contributed by atoms with van der Waals surface area (Å²) in [7, 11) is 1.72. The summed E-state index contributed by atoms with van der Waals surface area (Å²) in [6.45, 7) is 1.75. The van der Waals surface area contributed by atoms with E-state index in [2.05, 4.69) is 21.0 Å². The predicted molar refractivity (Wildman–Crippen MR) is 70.5 cm³/mol. The van der Waals surface area contributed by atoms with Crippen LogP contribution in [-0.4, -0.2) is 15.6 Å². The van der Waals surface area contributed by atoms with Crippen LogP contribution in [0.15, 0.2) is 22.8 Å². The molecule has 0 spiro atoms. The number of halogens is 3. The fraction of sp³-hybridized carbons (Fsp3) is 0.167. The second kappa shape index (κ2) is 4.82. The number of hydrogen-bond donors (Lipinski definition) is 0. The molecule has 0 aliphatic carbocycles. The van der Waals surface area contributed by atoms with Crippen LogP contribution in [0.2, 0.25) is 5.02 Å². The summed E-state index contributed by atoms with van der Waals surface area (Å²) in [5.74, 6) is -1.15. The number of carbonyl (C=O) groups excluding carboxylic acids is 1. The molecule has 0 atom stereocenters. The molecule has 1 heterocycles. The maximum atomic E-state index is 13.9. The zero-order valence-corrected chi connectivity index (χ0v) is 12.0. The molecule has 18 heavy (non-hydrogen) atoms. The van der Waals surface area contributed by atoms with Crippen molar-refractivity contribution < 1.29 is 9.18 Å². The molecular weight excluding hydrogens is 323 g/mol. The molecule has 0 radical (unpaired) electrons. The first-order valence-electron chi connectivity index (χ1n) is 5.10. The number of hydrogen-bond acceptors (Lipinski definition) is 2. The van der Waals surface area contributed by atoms with Crippen LogP contribution in [0.25, 0.3) is 0 Å². The van der Waals surface area contributed by atoms with Gasteiger partial charge in [-0.15, -0.1) is 0 Å². The Hall–Kier alpha value is -1.20. The minimum absolute atomic E-state index is 0.0562. The SMILES string of the molecule is Cc1c(C(=O)c2ccc(Br)c(Cl)c2F)cnn1C. The molecule has 0 unspecified atom stereocenters. The average Bonchev–Trinajstić information content (AvgIpc) is 2.67. The van der Waals surface area contributed by atoms with Gasteiger partial charge in [0.1, 0.15) is 0 Å². The first-order chi connectivity index (χ1) is 8.43. The quantitative estimate of drug-likeness (QED) is 0.623. The highest BCUT2D eigenvalue weighted by molar-refractivity contribution is 9.10. The van der Waals surface area contributed by atoms with Crippen molar-refractivity contribution in [3.8, 4) is 0 Å². The highest BCUT2D eigenvalue weighted by atomic mass is 79.9. The lowest BCUT2D eigenvalue weighted by Crippen LogP contribution is -2.06. The molecule has 0 saturated heterocycles. The summed E-state index contributed by atoms with van der Waals surface area (Å²) in [4.78, 5) is 12.2. The third kappa shape index (κ3) is 2.08. The summed E-state index contributed by atoms with van der Waals surface area (Å²) in [6.07, 6.45) is 1.42. The lowest BCUT2D eigenvalue weighted by Gasteiger charge is -2.05. The monoisotopic (exact) mass is 330 g/mol. The van der Waals surface area contributed by atoms with Gasteiger partial charge >= 0.3 is 0 Å². The van der Waals surface area contributed by atoms with E-state index in [0.717, 1.165) is 0 Å². The van der Waals surface area contributed by atoms with E-state index in [-0.39, 0.29) is 10.6 Å². The molecule has 0 N–H and O–H groups in total. The van der Waals surface area contributed by atoms with Crippen LogP contribution >= 0.6 is 27.5 Å². The Morgan fingerprint density at radius 1 is 1.44 bits per heavy atom. The van der Waals surface area contributed by atoms with Crippen LogP contribution < -0.4 is 0 Å². The van der Waals surface area contributed by atoms with E-state index in [1.807, 2.05) is 0 Å². The summed E-state index contributed by atoms with van der Waals surface area (Å²) in [6, 6.07) is 2.95. The minimum Gasteiger partial charge on any atom is -0.288 e. The van der Waals surface area contributed by atoms with Crippen molar-refractivity contribution in [2.75, 3.05) is 0 Å². The van der Waals surface area contributed by atoms with E-state index < -0.39 is 11.6 Å². The molecule has 2 aromatic rings. The average molecular weight is 332 g/mol. The fourth-order valence-corrected chi connectivity index (χ4v) is 2.04. The highest BCUT2D eigenvalue weighted by Gasteiger charge is 2.21. The minimum atomic E-state index is -0.723. The van der Waals surface area contributed by atoms with E-state index >= 15 is 0 Å². The Kier molecular flexibility index (Phi) is 3.54. The highest BCUT2D eigenvalue weighted by Crippen LogP contribution is 2.29. The number of rotatable bonds is 2. The number of benzene rings is 1. The van der Waals surface area contributed by atoms with Crippen LogP contribution in [0.4, 0.5) is 4.39 Å². The van der Waals surface area contributed by atoms with Gasteiger partial charge in [0.05, 0.1) is 22.3 Å². The van der Waals surface area contributed by atoms with Gasteiger partial charge in [-0.25, -0.2) is 4.39 Å². The Morgan fingerprint density at radius 3 is 2.67 bits per heavy atom. The molecule has 94 valence electrons. The Balaban J connectivity index is 2.54. The van der Waals surface area contributed by atoms with Crippen molar-refractivity contribution >= 4 is 33.3 Å². The fourth-order valence-electron chi connectivity index (χ4n) is 1.57. The van der Waals surface area contributed by atoms with Crippen LogP contribution in [0.3, 0.4) is 0 Å².